The lowest BCUT2D eigenvalue weighted by molar-refractivity contribution is -0.0825. The molecule has 0 radical (unpaired) electrons. The molecule has 2 bridgehead atoms. The van der Waals surface area contributed by atoms with Crippen molar-refractivity contribution in [3.05, 3.63) is 66.0 Å². The van der Waals surface area contributed by atoms with Crippen LogP contribution in [0.2, 0.25) is 0 Å². The number of aryl methyl sites for hydroxylation is 1. The Balaban J connectivity index is 1.59. The minimum atomic E-state index is -0.200. The molecule has 0 aliphatic carbocycles. The van der Waals surface area contributed by atoms with E-state index in [0.29, 0.717) is 11.8 Å². The molecule has 24 heavy (non-hydrogen) atoms. The Morgan fingerprint density at radius 1 is 1.08 bits per heavy atom. The van der Waals surface area contributed by atoms with Gasteiger partial charge < -0.3 is 5.11 Å². The van der Waals surface area contributed by atoms with Gasteiger partial charge in [-0.1, -0.05) is 36.4 Å². The second kappa shape index (κ2) is 7.04. The van der Waals surface area contributed by atoms with Gasteiger partial charge in [0.05, 0.1) is 6.10 Å². The Kier molecular flexibility index (Phi) is 4.63. The summed E-state index contributed by atoms with van der Waals surface area (Å²) in [6.07, 6.45) is 8.02. The lowest BCUT2D eigenvalue weighted by atomic mass is 9.73. The molecule has 3 heteroatoms. The third-order valence-electron chi connectivity index (χ3n) is 5.94. The standard InChI is InChI=1S/C21H26N2O/c24-21-17-10-13-23(14-11-17)20(21)19(18-7-4-12-22-15-18)9-8-16-5-2-1-3-6-16/h1-7,12,15,17,19-21,24H,8-11,13-14H2. The maximum absolute atomic E-state index is 10.9. The van der Waals surface area contributed by atoms with Crippen LogP contribution in [0.25, 0.3) is 0 Å². The fourth-order valence-electron chi connectivity index (χ4n) is 4.64. The molecule has 126 valence electrons. The van der Waals surface area contributed by atoms with E-state index in [0.717, 1.165) is 38.8 Å². The summed E-state index contributed by atoms with van der Waals surface area (Å²) in [6, 6.07) is 15.1. The monoisotopic (exact) mass is 322 g/mol. The first-order valence-corrected chi connectivity index (χ1v) is 9.19. The molecule has 3 unspecified atom stereocenters. The second-order valence-electron chi connectivity index (χ2n) is 7.27. The van der Waals surface area contributed by atoms with Crippen LogP contribution >= 0.6 is 0 Å². The summed E-state index contributed by atoms with van der Waals surface area (Å²) in [5.74, 6) is 0.827. The van der Waals surface area contributed by atoms with Crippen molar-refractivity contribution in [2.45, 2.75) is 43.7 Å². The van der Waals surface area contributed by atoms with Crippen LogP contribution in [0.4, 0.5) is 0 Å². The summed E-state index contributed by atoms with van der Waals surface area (Å²) in [4.78, 5) is 6.86. The molecule has 5 rings (SSSR count). The predicted molar refractivity (Wildman–Crippen MR) is 95.8 cm³/mol. The van der Waals surface area contributed by atoms with E-state index in [1.54, 1.807) is 0 Å². The smallest absolute Gasteiger partial charge is 0.0730 e. The molecular weight excluding hydrogens is 296 g/mol. The van der Waals surface area contributed by atoms with Gasteiger partial charge in [-0.3, -0.25) is 9.88 Å². The van der Waals surface area contributed by atoms with Crippen molar-refractivity contribution in [3.63, 3.8) is 0 Å². The molecule has 3 fully saturated rings. The number of hydrogen-bond donors (Lipinski definition) is 1. The van der Waals surface area contributed by atoms with E-state index in [1.165, 1.54) is 11.1 Å². The van der Waals surface area contributed by atoms with Crippen LogP contribution in [0, 0.1) is 5.92 Å². The van der Waals surface area contributed by atoms with Crippen molar-refractivity contribution in [2.24, 2.45) is 5.92 Å². The van der Waals surface area contributed by atoms with Crippen molar-refractivity contribution in [2.75, 3.05) is 13.1 Å². The SMILES string of the molecule is OC1C2CCN(CC2)C1C(CCc1ccccc1)c1cccnc1. The van der Waals surface area contributed by atoms with Crippen LogP contribution in [0.1, 0.15) is 36.3 Å². The number of hydrogen-bond acceptors (Lipinski definition) is 3. The van der Waals surface area contributed by atoms with Crippen molar-refractivity contribution in [1.29, 1.82) is 0 Å². The molecular formula is C21H26N2O. The highest BCUT2D eigenvalue weighted by molar-refractivity contribution is 5.22. The van der Waals surface area contributed by atoms with Crippen molar-refractivity contribution in [1.82, 2.24) is 9.88 Å². The maximum Gasteiger partial charge on any atom is 0.0730 e. The number of benzene rings is 1. The van der Waals surface area contributed by atoms with E-state index < -0.39 is 0 Å². The summed E-state index contributed by atoms with van der Waals surface area (Å²) < 4.78 is 0. The van der Waals surface area contributed by atoms with Gasteiger partial charge in [-0.25, -0.2) is 0 Å². The van der Waals surface area contributed by atoms with E-state index in [2.05, 4.69) is 46.3 Å². The summed E-state index contributed by atoms with van der Waals surface area (Å²) in [5, 5.41) is 10.9. The van der Waals surface area contributed by atoms with Gasteiger partial charge in [0, 0.05) is 24.4 Å². The Hall–Kier alpha value is -1.71. The molecule has 1 aromatic heterocycles. The minimum Gasteiger partial charge on any atom is -0.391 e. The number of fused-ring (bicyclic) bond motifs is 3. The zero-order chi connectivity index (χ0) is 16.4. The van der Waals surface area contributed by atoms with Crippen molar-refractivity contribution < 1.29 is 5.11 Å². The van der Waals surface area contributed by atoms with Crippen molar-refractivity contribution in [3.8, 4) is 0 Å². The molecule has 3 aliphatic heterocycles. The summed E-state index contributed by atoms with van der Waals surface area (Å²) in [6.45, 7) is 2.27. The van der Waals surface area contributed by atoms with E-state index >= 15 is 0 Å². The van der Waals surface area contributed by atoms with Gasteiger partial charge in [-0.2, -0.15) is 0 Å². The Labute approximate surface area is 144 Å². The quantitative estimate of drug-likeness (QED) is 0.918. The van der Waals surface area contributed by atoms with Gasteiger partial charge in [0.2, 0.25) is 0 Å². The van der Waals surface area contributed by atoms with Gasteiger partial charge in [0.25, 0.3) is 0 Å². The summed E-state index contributed by atoms with van der Waals surface area (Å²) >= 11 is 0. The molecule has 3 nitrogen and oxygen atoms in total. The van der Waals surface area contributed by atoms with Crippen LogP contribution in [-0.4, -0.2) is 40.2 Å². The summed E-state index contributed by atoms with van der Waals surface area (Å²) in [7, 11) is 0. The molecule has 3 saturated heterocycles. The van der Waals surface area contributed by atoms with Gasteiger partial charge in [0.1, 0.15) is 0 Å². The van der Waals surface area contributed by atoms with E-state index in [4.69, 9.17) is 0 Å². The average molecular weight is 322 g/mol. The topological polar surface area (TPSA) is 36.4 Å². The number of aliphatic hydroxyl groups excluding tert-OH is 1. The number of rotatable bonds is 5. The highest BCUT2D eigenvalue weighted by atomic mass is 16.3. The Morgan fingerprint density at radius 3 is 2.54 bits per heavy atom. The minimum absolute atomic E-state index is 0.200. The molecule has 0 spiro atoms. The normalized spacial score (nSPS) is 30.2. The first-order valence-electron chi connectivity index (χ1n) is 9.19. The fraction of sp³-hybridized carbons (Fsp3) is 0.476. The zero-order valence-electron chi connectivity index (χ0n) is 14.1. The third-order valence-corrected chi connectivity index (χ3v) is 5.94. The number of pyridine rings is 1. The number of aromatic nitrogens is 1. The maximum atomic E-state index is 10.9. The molecule has 1 aromatic carbocycles. The first-order chi connectivity index (χ1) is 11.8. The predicted octanol–water partition coefficient (Wildman–Crippen LogP) is 3.25. The van der Waals surface area contributed by atoms with Crippen LogP contribution in [0.5, 0.6) is 0 Å². The molecule has 3 aliphatic rings. The molecule has 2 aromatic rings. The van der Waals surface area contributed by atoms with Gasteiger partial charge in [-0.15, -0.1) is 0 Å². The number of nitrogens with zero attached hydrogens (tertiary/aromatic N) is 2. The Bertz CT molecular complexity index is 635. The van der Waals surface area contributed by atoms with E-state index in [-0.39, 0.29) is 12.1 Å². The highest BCUT2D eigenvalue weighted by Crippen LogP contribution is 2.40. The van der Waals surface area contributed by atoms with E-state index in [9.17, 15) is 5.11 Å². The molecule has 0 amide bonds. The van der Waals surface area contributed by atoms with Gasteiger partial charge in [0.15, 0.2) is 0 Å². The number of aliphatic hydroxyl groups is 1. The largest absolute Gasteiger partial charge is 0.391 e. The van der Waals surface area contributed by atoms with Crippen LogP contribution in [0.3, 0.4) is 0 Å². The van der Waals surface area contributed by atoms with Gasteiger partial charge in [-0.05, 0) is 61.9 Å². The molecule has 3 atom stereocenters. The third kappa shape index (κ3) is 3.11. The van der Waals surface area contributed by atoms with Gasteiger partial charge >= 0.3 is 0 Å². The lowest BCUT2D eigenvalue weighted by Crippen LogP contribution is -2.59. The van der Waals surface area contributed by atoms with Crippen LogP contribution < -0.4 is 0 Å². The van der Waals surface area contributed by atoms with Crippen molar-refractivity contribution >= 4 is 0 Å². The highest BCUT2D eigenvalue weighted by Gasteiger charge is 2.45. The van der Waals surface area contributed by atoms with Crippen LogP contribution in [-0.2, 0) is 6.42 Å². The molecule has 1 N–H and O–H groups in total. The number of piperidine rings is 3. The first kappa shape index (κ1) is 15.8. The molecule has 4 heterocycles. The summed E-state index contributed by atoms with van der Waals surface area (Å²) in [5.41, 5.74) is 2.64. The second-order valence-corrected chi connectivity index (χ2v) is 7.27. The fourth-order valence-corrected chi connectivity index (χ4v) is 4.64. The Morgan fingerprint density at radius 2 is 1.88 bits per heavy atom. The lowest BCUT2D eigenvalue weighted by Gasteiger charge is -2.51. The zero-order valence-corrected chi connectivity index (χ0v) is 14.1. The van der Waals surface area contributed by atoms with E-state index in [1.807, 2.05) is 18.5 Å². The average Bonchev–Trinajstić information content (AvgIpc) is 2.66. The molecule has 0 saturated carbocycles. The van der Waals surface area contributed by atoms with Crippen LogP contribution in [0.15, 0.2) is 54.9 Å².